The summed E-state index contributed by atoms with van der Waals surface area (Å²) in [5.41, 5.74) is 1.04. The summed E-state index contributed by atoms with van der Waals surface area (Å²) >= 11 is 0. The molecule has 0 heterocycles. The fraction of sp³-hybridized carbons (Fsp3) is 0.455. The molecule has 0 saturated heterocycles. The van der Waals surface area contributed by atoms with E-state index < -0.39 is 10.0 Å². The summed E-state index contributed by atoms with van der Waals surface area (Å²) in [4.78, 5) is 0. The van der Waals surface area contributed by atoms with Gasteiger partial charge in [0, 0.05) is 24.3 Å². The largest absolute Gasteiger partial charge is 0.457 e. The zero-order chi connectivity index (χ0) is 20.0. The summed E-state index contributed by atoms with van der Waals surface area (Å²) in [6, 6.07) is 17.8. The third-order valence-electron chi connectivity index (χ3n) is 5.21. The second kappa shape index (κ2) is 9.43. The molecule has 152 valence electrons. The van der Waals surface area contributed by atoms with Crippen LogP contribution in [0.3, 0.4) is 0 Å². The SMILES string of the molecule is CC(C)S(=O)(=O)NC1CCC(CNc2cccc(Oc3ccccc3)c2)CC1. The van der Waals surface area contributed by atoms with Crippen LogP contribution in [0.25, 0.3) is 0 Å². The van der Waals surface area contributed by atoms with Crippen LogP contribution in [0.15, 0.2) is 54.6 Å². The number of rotatable bonds is 8. The Morgan fingerprint density at radius 1 is 0.964 bits per heavy atom. The lowest BCUT2D eigenvalue weighted by atomic mass is 9.86. The Morgan fingerprint density at radius 3 is 2.32 bits per heavy atom. The first kappa shape index (κ1) is 20.7. The lowest BCUT2D eigenvalue weighted by molar-refractivity contribution is 0.323. The Kier molecular flexibility index (Phi) is 6.97. The van der Waals surface area contributed by atoms with Crippen molar-refractivity contribution >= 4 is 15.7 Å². The maximum Gasteiger partial charge on any atom is 0.214 e. The first-order valence-corrected chi connectivity index (χ1v) is 11.5. The van der Waals surface area contributed by atoms with Crippen molar-refractivity contribution in [1.82, 2.24) is 4.72 Å². The Morgan fingerprint density at radius 2 is 1.64 bits per heavy atom. The number of benzene rings is 2. The quantitative estimate of drug-likeness (QED) is 0.667. The third kappa shape index (κ3) is 5.97. The predicted octanol–water partition coefficient (Wildman–Crippen LogP) is 4.78. The molecule has 0 bridgehead atoms. The van der Waals surface area contributed by atoms with E-state index in [4.69, 9.17) is 4.74 Å². The number of ether oxygens (including phenoxy) is 1. The average molecular weight is 403 g/mol. The Hall–Kier alpha value is -2.05. The highest BCUT2D eigenvalue weighted by molar-refractivity contribution is 7.90. The maximum atomic E-state index is 12.0. The maximum absolute atomic E-state index is 12.0. The van der Waals surface area contributed by atoms with E-state index in [1.165, 1.54) is 0 Å². The van der Waals surface area contributed by atoms with Gasteiger partial charge >= 0.3 is 0 Å². The molecule has 0 atom stereocenters. The summed E-state index contributed by atoms with van der Waals surface area (Å²) in [5.74, 6) is 2.18. The molecule has 0 radical (unpaired) electrons. The van der Waals surface area contributed by atoms with Crippen molar-refractivity contribution in [2.45, 2.75) is 50.8 Å². The van der Waals surface area contributed by atoms with Crippen molar-refractivity contribution in [2.24, 2.45) is 5.92 Å². The fourth-order valence-electron chi connectivity index (χ4n) is 3.41. The van der Waals surface area contributed by atoms with E-state index in [1.807, 2.05) is 54.6 Å². The normalized spacial score (nSPS) is 20.1. The minimum atomic E-state index is -3.18. The summed E-state index contributed by atoms with van der Waals surface area (Å²) in [5, 5.41) is 3.13. The molecule has 0 aliphatic heterocycles. The van der Waals surface area contributed by atoms with Gasteiger partial charge in [-0.05, 0) is 69.7 Å². The van der Waals surface area contributed by atoms with Crippen molar-refractivity contribution < 1.29 is 13.2 Å². The molecule has 0 amide bonds. The van der Waals surface area contributed by atoms with Crippen LogP contribution in [0.2, 0.25) is 0 Å². The van der Waals surface area contributed by atoms with E-state index in [0.717, 1.165) is 49.4 Å². The Bertz CT molecular complexity index is 845. The summed E-state index contributed by atoms with van der Waals surface area (Å²) in [6.07, 6.45) is 3.85. The molecule has 28 heavy (non-hydrogen) atoms. The molecule has 2 aromatic carbocycles. The van der Waals surface area contributed by atoms with E-state index in [9.17, 15) is 8.42 Å². The number of para-hydroxylation sites is 1. The van der Waals surface area contributed by atoms with Crippen LogP contribution in [0.4, 0.5) is 5.69 Å². The highest BCUT2D eigenvalue weighted by Crippen LogP contribution is 2.27. The van der Waals surface area contributed by atoms with Crippen LogP contribution in [0, 0.1) is 5.92 Å². The van der Waals surface area contributed by atoms with Gasteiger partial charge in [-0.15, -0.1) is 0 Å². The van der Waals surface area contributed by atoms with Gasteiger partial charge < -0.3 is 10.1 Å². The van der Waals surface area contributed by atoms with Gasteiger partial charge in [0.1, 0.15) is 11.5 Å². The molecular weight excluding hydrogens is 372 g/mol. The van der Waals surface area contributed by atoms with Gasteiger partial charge in [-0.2, -0.15) is 0 Å². The number of sulfonamides is 1. The molecule has 5 nitrogen and oxygen atoms in total. The lowest BCUT2D eigenvalue weighted by Gasteiger charge is -2.29. The van der Waals surface area contributed by atoms with Crippen molar-refractivity contribution in [1.29, 1.82) is 0 Å². The van der Waals surface area contributed by atoms with Gasteiger partial charge in [0.2, 0.25) is 10.0 Å². The van der Waals surface area contributed by atoms with Crippen LogP contribution < -0.4 is 14.8 Å². The van der Waals surface area contributed by atoms with Gasteiger partial charge in [-0.25, -0.2) is 13.1 Å². The van der Waals surface area contributed by atoms with Crippen molar-refractivity contribution in [3.63, 3.8) is 0 Å². The number of anilines is 1. The summed E-state index contributed by atoms with van der Waals surface area (Å²) in [6.45, 7) is 4.32. The monoisotopic (exact) mass is 402 g/mol. The topological polar surface area (TPSA) is 67.4 Å². The first-order chi connectivity index (χ1) is 13.4. The van der Waals surface area contributed by atoms with Crippen LogP contribution >= 0.6 is 0 Å². The fourth-order valence-corrected chi connectivity index (χ4v) is 4.38. The van der Waals surface area contributed by atoms with Gasteiger partial charge in [-0.3, -0.25) is 0 Å². The Labute approximate surface area is 168 Å². The minimum Gasteiger partial charge on any atom is -0.457 e. The molecule has 1 fully saturated rings. The summed E-state index contributed by atoms with van der Waals surface area (Å²) in [7, 11) is -3.18. The van der Waals surface area contributed by atoms with Gasteiger partial charge in [-0.1, -0.05) is 24.3 Å². The van der Waals surface area contributed by atoms with E-state index >= 15 is 0 Å². The molecule has 3 rings (SSSR count). The molecule has 1 aliphatic rings. The van der Waals surface area contributed by atoms with Gasteiger partial charge in [0.05, 0.1) is 5.25 Å². The molecule has 6 heteroatoms. The number of nitrogens with one attached hydrogen (secondary N) is 2. The van der Waals surface area contributed by atoms with Crippen LogP contribution in [-0.2, 0) is 10.0 Å². The highest BCUT2D eigenvalue weighted by atomic mass is 32.2. The van der Waals surface area contributed by atoms with Gasteiger partial charge in [0.15, 0.2) is 0 Å². The molecule has 0 aromatic heterocycles. The standard InChI is InChI=1S/C22H30N2O3S/c1-17(2)28(25,26)24-19-13-11-18(12-14-19)16-23-20-7-6-10-22(15-20)27-21-8-4-3-5-9-21/h3-10,15,17-19,23-24H,11-14,16H2,1-2H3. The molecule has 0 spiro atoms. The smallest absolute Gasteiger partial charge is 0.214 e. The predicted molar refractivity (Wildman–Crippen MR) is 114 cm³/mol. The minimum absolute atomic E-state index is 0.0752. The van der Waals surface area contributed by atoms with Crippen molar-refractivity contribution in [2.75, 3.05) is 11.9 Å². The molecule has 2 aromatic rings. The lowest BCUT2D eigenvalue weighted by Crippen LogP contribution is -2.41. The highest BCUT2D eigenvalue weighted by Gasteiger charge is 2.26. The van der Waals surface area contributed by atoms with Crippen LogP contribution in [-0.4, -0.2) is 26.3 Å². The Balaban J connectivity index is 1.46. The number of hydrogen-bond acceptors (Lipinski definition) is 4. The zero-order valence-corrected chi connectivity index (χ0v) is 17.4. The molecule has 0 unspecified atom stereocenters. The molecule has 1 saturated carbocycles. The molecule has 1 aliphatic carbocycles. The van der Waals surface area contributed by atoms with E-state index in [2.05, 4.69) is 10.0 Å². The van der Waals surface area contributed by atoms with E-state index in [-0.39, 0.29) is 11.3 Å². The van der Waals surface area contributed by atoms with Crippen LogP contribution in [0.5, 0.6) is 11.5 Å². The first-order valence-electron chi connectivity index (χ1n) is 10.0. The van der Waals surface area contributed by atoms with E-state index in [1.54, 1.807) is 13.8 Å². The van der Waals surface area contributed by atoms with Crippen molar-refractivity contribution in [3.8, 4) is 11.5 Å². The molecule has 2 N–H and O–H groups in total. The second-order valence-corrected chi connectivity index (χ2v) is 10.0. The summed E-state index contributed by atoms with van der Waals surface area (Å²) < 4.78 is 32.8. The molecular formula is C22H30N2O3S. The average Bonchev–Trinajstić information content (AvgIpc) is 2.68. The van der Waals surface area contributed by atoms with E-state index in [0.29, 0.717) is 5.92 Å². The third-order valence-corrected chi connectivity index (χ3v) is 7.11. The zero-order valence-electron chi connectivity index (χ0n) is 16.6. The number of hydrogen-bond donors (Lipinski definition) is 2. The van der Waals surface area contributed by atoms with Crippen molar-refractivity contribution in [3.05, 3.63) is 54.6 Å². The van der Waals surface area contributed by atoms with Crippen LogP contribution in [0.1, 0.15) is 39.5 Å². The van der Waals surface area contributed by atoms with Gasteiger partial charge in [0.25, 0.3) is 0 Å². The second-order valence-electron chi connectivity index (χ2n) is 7.75.